The monoisotopic (exact) mass is 278 g/mol. The van der Waals surface area contributed by atoms with Crippen LogP contribution in [-0.4, -0.2) is 17.0 Å². The SMILES string of the molecule is CNc1ncc(F)c(NCc2cc(C)c(F)c(C)c2)n1. The van der Waals surface area contributed by atoms with Crippen molar-refractivity contribution in [2.24, 2.45) is 0 Å². The number of aryl methyl sites for hydroxylation is 2. The van der Waals surface area contributed by atoms with Gasteiger partial charge in [-0.15, -0.1) is 0 Å². The van der Waals surface area contributed by atoms with Crippen molar-refractivity contribution >= 4 is 11.8 Å². The van der Waals surface area contributed by atoms with E-state index in [4.69, 9.17) is 0 Å². The van der Waals surface area contributed by atoms with Gasteiger partial charge in [0, 0.05) is 13.6 Å². The number of nitrogens with zero attached hydrogens (tertiary/aromatic N) is 2. The fraction of sp³-hybridized carbons (Fsp3) is 0.286. The van der Waals surface area contributed by atoms with E-state index in [2.05, 4.69) is 20.6 Å². The molecule has 0 fully saturated rings. The fourth-order valence-electron chi connectivity index (χ4n) is 1.93. The molecule has 0 saturated heterocycles. The van der Waals surface area contributed by atoms with Crippen molar-refractivity contribution in [3.8, 4) is 0 Å². The summed E-state index contributed by atoms with van der Waals surface area (Å²) in [4.78, 5) is 7.75. The van der Waals surface area contributed by atoms with Gasteiger partial charge >= 0.3 is 0 Å². The van der Waals surface area contributed by atoms with Gasteiger partial charge in [-0.25, -0.2) is 13.8 Å². The third kappa shape index (κ3) is 3.01. The molecule has 0 aliphatic carbocycles. The van der Waals surface area contributed by atoms with Gasteiger partial charge in [-0.05, 0) is 30.5 Å². The van der Waals surface area contributed by atoms with E-state index in [9.17, 15) is 8.78 Å². The number of nitrogens with one attached hydrogen (secondary N) is 2. The van der Waals surface area contributed by atoms with E-state index >= 15 is 0 Å². The maximum Gasteiger partial charge on any atom is 0.224 e. The average molecular weight is 278 g/mol. The summed E-state index contributed by atoms with van der Waals surface area (Å²) in [5.41, 5.74) is 2.01. The van der Waals surface area contributed by atoms with Gasteiger partial charge in [-0.2, -0.15) is 4.98 Å². The predicted octanol–water partition coefficient (Wildman–Crippen LogP) is 3.03. The zero-order chi connectivity index (χ0) is 14.7. The molecule has 6 heteroatoms. The van der Waals surface area contributed by atoms with Gasteiger partial charge < -0.3 is 10.6 Å². The topological polar surface area (TPSA) is 49.8 Å². The molecule has 2 rings (SSSR count). The summed E-state index contributed by atoms with van der Waals surface area (Å²) in [5, 5.41) is 5.63. The summed E-state index contributed by atoms with van der Waals surface area (Å²) in [6, 6.07) is 3.46. The highest BCUT2D eigenvalue weighted by Gasteiger charge is 2.08. The van der Waals surface area contributed by atoms with Crippen LogP contribution in [0, 0.1) is 25.5 Å². The van der Waals surface area contributed by atoms with E-state index in [1.165, 1.54) is 0 Å². The smallest absolute Gasteiger partial charge is 0.224 e. The Bertz CT molecular complexity index is 606. The van der Waals surface area contributed by atoms with Crippen LogP contribution in [0.4, 0.5) is 20.5 Å². The zero-order valence-electron chi connectivity index (χ0n) is 11.6. The Labute approximate surface area is 116 Å². The van der Waals surface area contributed by atoms with Crippen LogP contribution in [0.5, 0.6) is 0 Å². The summed E-state index contributed by atoms with van der Waals surface area (Å²) in [5.74, 6) is -0.289. The second-order valence-electron chi connectivity index (χ2n) is 4.54. The predicted molar refractivity (Wildman–Crippen MR) is 74.7 cm³/mol. The van der Waals surface area contributed by atoms with Crippen LogP contribution >= 0.6 is 0 Å². The Hall–Kier alpha value is -2.24. The van der Waals surface area contributed by atoms with Crippen molar-refractivity contribution in [2.45, 2.75) is 20.4 Å². The van der Waals surface area contributed by atoms with Gasteiger partial charge in [0.25, 0.3) is 0 Å². The summed E-state index contributed by atoms with van der Waals surface area (Å²) in [6.45, 7) is 3.77. The van der Waals surface area contributed by atoms with Crippen LogP contribution in [-0.2, 0) is 6.54 Å². The maximum absolute atomic E-state index is 13.6. The quantitative estimate of drug-likeness (QED) is 0.902. The van der Waals surface area contributed by atoms with Crippen LogP contribution in [0.3, 0.4) is 0 Å². The first-order valence-electron chi connectivity index (χ1n) is 6.21. The number of hydrogen-bond donors (Lipinski definition) is 2. The third-order valence-electron chi connectivity index (χ3n) is 2.92. The van der Waals surface area contributed by atoms with E-state index in [1.807, 2.05) is 0 Å². The summed E-state index contributed by atoms with van der Waals surface area (Å²) in [7, 11) is 1.66. The number of halogens is 2. The van der Waals surface area contributed by atoms with Gasteiger partial charge in [-0.1, -0.05) is 12.1 Å². The van der Waals surface area contributed by atoms with Gasteiger partial charge in [0.2, 0.25) is 5.95 Å². The molecule has 2 N–H and O–H groups in total. The first-order chi connectivity index (χ1) is 9.51. The highest BCUT2D eigenvalue weighted by Crippen LogP contribution is 2.17. The number of hydrogen-bond acceptors (Lipinski definition) is 4. The van der Waals surface area contributed by atoms with Crippen molar-refractivity contribution in [3.63, 3.8) is 0 Å². The van der Waals surface area contributed by atoms with Crippen molar-refractivity contribution in [1.82, 2.24) is 9.97 Å². The van der Waals surface area contributed by atoms with Gasteiger partial charge in [0.1, 0.15) is 5.82 Å². The molecule has 1 aromatic carbocycles. The lowest BCUT2D eigenvalue weighted by atomic mass is 10.1. The summed E-state index contributed by atoms with van der Waals surface area (Å²) in [6.07, 6.45) is 1.10. The average Bonchev–Trinajstić information content (AvgIpc) is 2.43. The molecule has 1 heterocycles. The first kappa shape index (κ1) is 14.2. The largest absolute Gasteiger partial charge is 0.363 e. The maximum atomic E-state index is 13.6. The molecule has 1 aromatic heterocycles. The van der Waals surface area contributed by atoms with E-state index in [0.29, 0.717) is 23.6 Å². The van der Waals surface area contributed by atoms with E-state index in [1.54, 1.807) is 33.0 Å². The Morgan fingerprint density at radius 3 is 2.40 bits per heavy atom. The molecule has 4 nitrogen and oxygen atoms in total. The standard InChI is InChI=1S/C14H16F2N4/c1-8-4-10(5-9(2)12(8)16)6-18-13-11(15)7-19-14(17-3)20-13/h4-5,7H,6H2,1-3H3,(H2,17,18,19,20). The van der Waals surface area contributed by atoms with Crippen LogP contribution in [0.25, 0.3) is 0 Å². The molecule has 0 aliphatic rings. The molecular formula is C14H16F2N4. The van der Waals surface area contributed by atoms with E-state index in [0.717, 1.165) is 11.8 Å². The highest BCUT2D eigenvalue weighted by atomic mass is 19.1. The van der Waals surface area contributed by atoms with Crippen molar-refractivity contribution < 1.29 is 8.78 Å². The van der Waals surface area contributed by atoms with E-state index in [-0.39, 0.29) is 11.6 Å². The molecule has 0 atom stereocenters. The molecule has 0 unspecified atom stereocenters. The lowest BCUT2D eigenvalue weighted by Crippen LogP contribution is -2.07. The number of anilines is 2. The Kier molecular flexibility index (Phi) is 4.12. The van der Waals surface area contributed by atoms with Crippen molar-refractivity contribution in [2.75, 3.05) is 17.7 Å². The van der Waals surface area contributed by atoms with Crippen molar-refractivity contribution in [1.29, 1.82) is 0 Å². The molecule has 0 saturated carbocycles. The zero-order valence-corrected chi connectivity index (χ0v) is 11.6. The normalized spacial score (nSPS) is 10.4. The molecule has 106 valence electrons. The van der Waals surface area contributed by atoms with Gasteiger partial charge in [-0.3, -0.25) is 0 Å². The minimum absolute atomic E-state index is 0.115. The van der Waals surface area contributed by atoms with Crippen LogP contribution < -0.4 is 10.6 Å². The Morgan fingerprint density at radius 1 is 1.15 bits per heavy atom. The van der Waals surface area contributed by atoms with E-state index < -0.39 is 5.82 Å². The first-order valence-corrected chi connectivity index (χ1v) is 6.21. The van der Waals surface area contributed by atoms with Gasteiger partial charge in [0.05, 0.1) is 6.20 Å². The third-order valence-corrected chi connectivity index (χ3v) is 2.92. The number of rotatable bonds is 4. The molecule has 20 heavy (non-hydrogen) atoms. The summed E-state index contributed by atoms with van der Waals surface area (Å²) >= 11 is 0. The Balaban J connectivity index is 2.16. The molecule has 0 amide bonds. The second-order valence-corrected chi connectivity index (χ2v) is 4.54. The molecule has 0 bridgehead atoms. The van der Waals surface area contributed by atoms with Crippen LogP contribution in [0.15, 0.2) is 18.3 Å². The lowest BCUT2D eigenvalue weighted by Gasteiger charge is -2.10. The molecule has 0 aliphatic heterocycles. The number of benzene rings is 1. The van der Waals surface area contributed by atoms with Crippen LogP contribution in [0.1, 0.15) is 16.7 Å². The highest BCUT2D eigenvalue weighted by molar-refractivity contribution is 5.42. The molecule has 0 radical (unpaired) electrons. The van der Waals surface area contributed by atoms with Gasteiger partial charge in [0.15, 0.2) is 11.6 Å². The number of aromatic nitrogens is 2. The molecule has 2 aromatic rings. The molecular weight excluding hydrogens is 262 g/mol. The minimum atomic E-state index is -0.528. The second kappa shape index (κ2) is 5.81. The Morgan fingerprint density at radius 2 is 1.80 bits per heavy atom. The lowest BCUT2D eigenvalue weighted by molar-refractivity contribution is 0.608. The fourth-order valence-corrected chi connectivity index (χ4v) is 1.93. The summed E-state index contributed by atoms with van der Waals surface area (Å²) < 4.78 is 27.1. The van der Waals surface area contributed by atoms with Crippen LogP contribution in [0.2, 0.25) is 0 Å². The minimum Gasteiger partial charge on any atom is -0.363 e. The molecule has 0 spiro atoms. The van der Waals surface area contributed by atoms with Crippen molar-refractivity contribution in [3.05, 3.63) is 46.7 Å².